The van der Waals surface area contributed by atoms with Gasteiger partial charge >= 0.3 is 0 Å². The van der Waals surface area contributed by atoms with Crippen molar-refractivity contribution >= 4 is 34.9 Å². The van der Waals surface area contributed by atoms with E-state index in [-0.39, 0.29) is 0 Å². The summed E-state index contributed by atoms with van der Waals surface area (Å²) < 4.78 is 0. The first kappa shape index (κ1) is 19.9. The maximum absolute atomic E-state index is 5.32. The first-order chi connectivity index (χ1) is 12.7. The molecule has 0 spiro atoms. The van der Waals surface area contributed by atoms with Crippen LogP contribution in [0.4, 0.5) is 11.4 Å². The van der Waals surface area contributed by atoms with Gasteiger partial charge in [-0.3, -0.25) is 5.43 Å². The number of hydrazone groups is 1. The van der Waals surface area contributed by atoms with Gasteiger partial charge in [0.15, 0.2) is 5.11 Å². The average molecular weight is 369 g/mol. The van der Waals surface area contributed by atoms with E-state index in [1.165, 1.54) is 11.3 Å². The van der Waals surface area contributed by atoms with Crippen LogP contribution in [0, 0.1) is 0 Å². The number of benzene rings is 2. The Labute approximate surface area is 162 Å². The molecule has 138 valence electrons. The number of hydrogen-bond acceptors (Lipinski definition) is 3. The van der Waals surface area contributed by atoms with Crippen LogP contribution in [0.15, 0.2) is 53.6 Å². The van der Waals surface area contributed by atoms with E-state index in [1.807, 2.05) is 18.2 Å². The van der Waals surface area contributed by atoms with Crippen molar-refractivity contribution in [3.05, 3.63) is 59.7 Å². The van der Waals surface area contributed by atoms with E-state index >= 15 is 0 Å². The van der Waals surface area contributed by atoms with Crippen molar-refractivity contribution in [1.29, 1.82) is 0 Å². The van der Waals surface area contributed by atoms with Crippen LogP contribution in [0.1, 0.15) is 38.3 Å². The van der Waals surface area contributed by atoms with Gasteiger partial charge in [0.2, 0.25) is 0 Å². The Bertz CT molecular complexity index is 725. The highest BCUT2D eigenvalue weighted by Gasteiger charge is 2.03. The van der Waals surface area contributed by atoms with Gasteiger partial charge in [-0.15, -0.1) is 0 Å². The molecule has 5 heteroatoms. The molecule has 2 N–H and O–H groups in total. The SMILES string of the molecule is CCCN(CC)c1ccc(/C=N/NC(=S)Nc2ccccc2CC)cc1. The van der Waals surface area contributed by atoms with Gasteiger partial charge in [-0.25, -0.2) is 0 Å². The molecule has 0 saturated heterocycles. The number of anilines is 2. The molecule has 0 radical (unpaired) electrons. The van der Waals surface area contributed by atoms with Crippen LogP contribution in [-0.4, -0.2) is 24.4 Å². The summed E-state index contributed by atoms with van der Waals surface area (Å²) in [5, 5.41) is 7.91. The lowest BCUT2D eigenvalue weighted by molar-refractivity contribution is 0.792. The summed E-state index contributed by atoms with van der Waals surface area (Å²) in [5.74, 6) is 0. The number of thiocarbonyl (C=S) groups is 1. The fraction of sp³-hybridized carbons (Fsp3) is 0.333. The van der Waals surface area contributed by atoms with Gasteiger partial charge in [0.1, 0.15) is 0 Å². The second kappa shape index (κ2) is 10.6. The Hall–Kier alpha value is -2.40. The number of para-hydroxylation sites is 1. The van der Waals surface area contributed by atoms with Crippen LogP contribution in [-0.2, 0) is 6.42 Å². The maximum Gasteiger partial charge on any atom is 0.191 e. The van der Waals surface area contributed by atoms with E-state index in [4.69, 9.17) is 12.2 Å². The van der Waals surface area contributed by atoms with Crippen LogP contribution in [0.3, 0.4) is 0 Å². The van der Waals surface area contributed by atoms with Gasteiger partial charge in [-0.05, 0) is 61.3 Å². The Morgan fingerprint density at radius 3 is 2.46 bits per heavy atom. The average Bonchev–Trinajstić information content (AvgIpc) is 2.67. The minimum absolute atomic E-state index is 0.485. The van der Waals surface area contributed by atoms with Crippen LogP contribution >= 0.6 is 12.2 Å². The first-order valence-corrected chi connectivity index (χ1v) is 9.61. The summed E-state index contributed by atoms with van der Waals surface area (Å²) in [6, 6.07) is 16.5. The Morgan fingerprint density at radius 1 is 1.08 bits per heavy atom. The largest absolute Gasteiger partial charge is 0.372 e. The molecule has 0 aliphatic carbocycles. The highest BCUT2D eigenvalue weighted by atomic mass is 32.1. The van der Waals surface area contributed by atoms with Crippen LogP contribution < -0.4 is 15.6 Å². The molecule has 0 aromatic heterocycles. The molecule has 26 heavy (non-hydrogen) atoms. The summed E-state index contributed by atoms with van der Waals surface area (Å²) in [6.45, 7) is 8.59. The third kappa shape index (κ3) is 5.85. The Kier molecular flexibility index (Phi) is 8.09. The van der Waals surface area contributed by atoms with Crippen molar-refractivity contribution in [3.63, 3.8) is 0 Å². The van der Waals surface area contributed by atoms with Gasteiger partial charge in [0, 0.05) is 24.5 Å². The molecule has 2 rings (SSSR count). The summed E-state index contributed by atoms with van der Waals surface area (Å²) >= 11 is 5.32. The molecule has 0 amide bonds. The van der Waals surface area contributed by atoms with Crippen molar-refractivity contribution in [2.75, 3.05) is 23.3 Å². The monoisotopic (exact) mass is 368 g/mol. The molecule has 2 aromatic rings. The van der Waals surface area contributed by atoms with Crippen LogP contribution in [0.25, 0.3) is 0 Å². The van der Waals surface area contributed by atoms with Gasteiger partial charge in [-0.1, -0.05) is 44.2 Å². The molecular weight excluding hydrogens is 340 g/mol. The summed E-state index contributed by atoms with van der Waals surface area (Å²) in [4.78, 5) is 2.36. The van der Waals surface area contributed by atoms with Gasteiger partial charge in [-0.2, -0.15) is 5.10 Å². The highest BCUT2D eigenvalue weighted by Crippen LogP contribution is 2.16. The maximum atomic E-state index is 5.32. The first-order valence-electron chi connectivity index (χ1n) is 9.20. The fourth-order valence-electron chi connectivity index (χ4n) is 2.78. The smallest absolute Gasteiger partial charge is 0.191 e. The third-order valence-electron chi connectivity index (χ3n) is 4.16. The second-order valence-electron chi connectivity index (χ2n) is 6.01. The molecule has 0 unspecified atom stereocenters. The predicted molar refractivity (Wildman–Crippen MR) is 117 cm³/mol. The zero-order valence-corrected chi connectivity index (χ0v) is 16.6. The van der Waals surface area contributed by atoms with Crippen molar-refractivity contribution in [3.8, 4) is 0 Å². The Balaban J connectivity index is 1.90. The quantitative estimate of drug-likeness (QED) is 0.399. The fourth-order valence-corrected chi connectivity index (χ4v) is 2.94. The molecule has 2 aromatic carbocycles. The number of nitrogens with one attached hydrogen (secondary N) is 2. The summed E-state index contributed by atoms with van der Waals surface area (Å²) in [5.41, 5.74) is 7.40. The molecule has 0 fully saturated rings. The normalized spacial score (nSPS) is 10.7. The van der Waals surface area contributed by atoms with Gasteiger partial charge < -0.3 is 10.2 Å². The molecule has 0 atom stereocenters. The van der Waals surface area contributed by atoms with E-state index in [0.29, 0.717) is 5.11 Å². The number of aryl methyl sites for hydroxylation is 1. The standard InChI is InChI=1S/C21H28N4S/c1-4-15-25(6-3)19-13-11-17(12-14-19)16-22-24-21(26)23-20-10-8-7-9-18(20)5-2/h7-14,16H,4-6,15H2,1-3H3,(H2,23,24,26)/b22-16+. The number of rotatable bonds is 8. The lowest BCUT2D eigenvalue weighted by Gasteiger charge is -2.22. The minimum Gasteiger partial charge on any atom is -0.372 e. The van der Waals surface area contributed by atoms with Gasteiger partial charge in [0.05, 0.1) is 6.21 Å². The van der Waals surface area contributed by atoms with Crippen molar-refractivity contribution in [2.24, 2.45) is 5.10 Å². The van der Waals surface area contributed by atoms with Crippen LogP contribution in [0.5, 0.6) is 0 Å². The topological polar surface area (TPSA) is 39.7 Å². The van der Waals surface area contributed by atoms with E-state index in [2.05, 4.69) is 71.8 Å². The predicted octanol–water partition coefficient (Wildman–Crippen LogP) is 4.81. The van der Waals surface area contributed by atoms with E-state index in [1.54, 1.807) is 6.21 Å². The van der Waals surface area contributed by atoms with Crippen LogP contribution in [0.2, 0.25) is 0 Å². The minimum atomic E-state index is 0.485. The lowest BCUT2D eigenvalue weighted by atomic mass is 10.1. The zero-order chi connectivity index (χ0) is 18.8. The molecule has 0 heterocycles. The van der Waals surface area contributed by atoms with Crippen molar-refractivity contribution in [1.82, 2.24) is 5.43 Å². The number of hydrogen-bond donors (Lipinski definition) is 2. The van der Waals surface area contributed by atoms with Gasteiger partial charge in [0.25, 0.3) is 0 Å². The van der Waals surface area contributed by atoms with E-state index in [9.17, 15) is 0 Å². The van der Waals surface area contributed by atoms with Crippen molar-refractivity contribution in [2.45, 2.75) is 33.6 Å². The summed E-state index contributed by atoms with van der Waals surface area (Å²) in [6.07, 6.45) is 3.88. The molecule has 0 bridgehead atoms. The molecule has 0 aliphatic heterocycles. The third-order valence-corrected chi connectivity index (χ3v) is 4.35. The molecule has 4 nitrogen and oxygen atoms in total. The van der Waals surface area contributed by atoms with E-state index in [0.717, 1.165) is 37.2 Å². The van der Waals surface area contributed by atoms with E-state index < -0.39 is 0 Å². The number of nitrogens with zero attached hydrogens (tertiary/aromatic N) is 2. The summed E-state index contributed by atoms with van der Waals surface area (Å²) in [7, 11) is 0. The highest BCUT2D eigenvalue weighted by molar-refractivity contribution is 7.80. The molecule has 0 aliphatic rings. The second-order valence-corrected chi connectivity index (χ2v) is 6.41. The lowest BCUT2D eigenvalue weighted by Crippen LogP contribution is -2.24. The zero-order valence-electron chi connectivity index (χ0n) is 15.8. The molecular formula is C21H28N4S. The molecule has 0 saturated carbocycles. The Morgan fingerprint density at radius 2 is 1.81 bits per heavy atom. The van der Waals surface area contributed by atoms with Crippen molar-refractivity contribution < 1.29 is 0 Å².